The number of pyridine rings is 1. The standard InChI is InChI=1S/C27H29F6N3O3/c1-16(2)18-5-10-23(35-14-18)21-13-25(27(31,32)33,36-24(38)22(21)15-34-17(3)37)19-6-8-20(9-7-19)39-12-4-11-26(28,29)30/h5-10,14,16H,4,11-13,15H2,1-3H3,(H,34,37)(H,36,38)/t25-/m0/s1. The molecule has 2 N–H and O–H groups in total. The Morgan fingerprint density at radius 1 is 1.10 bits per heavy atom. The summed E-state index contributed by atoms with van der Waals surface area (Å²) in [6.45, 7) is 4.54. The van der Waals surface area contributed by atoms with Gasteiger partial charge in [-0.3, -0.25) is 14.6 Å². The summed E-state index contributed by atoms with van der Waals surface area (Å²) >= 11 is 0. The van der Waals surface area contributed by atoms with E-state index < -0.39 is 42.5 Å². The Morgan fingerprint density at radius 3 is 2.28 bits per heavy atom. The third-order valence-electron chi connectivity index (χ3n) is 6.39. The maximum Gasteiger partial charge on any atom is 0.416 e. The van der Waals surface area contributed by atoms with Gasteiger partial charge in [-0.25, -0.2) is 0 Å². The van der Waals surface area contributed by atoms with E-state index in [1.54, 1.807) is 12.1 Å². The highest BCUT2D eigenvalue weighted by Gasteiger charge is 2.59. The number of halogens is 6. The summed E-state index contributed by atoms with van der Waals surface area (Å²) in [5.74, 6) is -1.26. The van der Waals surface area contributed by atoms with Gasteiger partial charge in [0, 0.05) is 38.1 Å². The average molecular weight is 558 g/mol. The van der Waals surface area contributed by atoms with Gasteiger partial charge in [0.25, 0.3) is 0 Å². The van der Waals surface area contributed by atoms with Crippen molar-refractivity contribution in [3.63, 3.8) is 0 Å². The second-order valence-electron chi connectivity index (χ2n) is 9.62. The number of amides is 2. The Bertz CT molecular complexity index is 1210. The molecule has 39 heavy (non-hydrogen) atoms. The molecule has 0 fully saturated rings. The van der Waals surface area contributed by atoms with Crippen LogP contribution in [-0.4, -0.2) is 42.3 Å². The smallest absolute Gasteiger partial charge is 0.416 e. The molecule has 1 aromatic heterocycles. The Balaban J connectivity index is 1.99. The minimum atomic E-state index is -4.94. The van der Waals surface area contributed by atoms with Crippen LogP contribution in [-0.2, 0) is 15.1 Å². The van der Waals surface area contributed by atoms with Gasteiger partial charge >= 0.3 is 12.4 Å². The molecule has 0 spiro atoms. The molecule has 0 unspecified atom stereocenters. The highest BCUT2D eigenvalue weighted by molar-refractivity contribution is 6.04. The van der Waals surface area contributed by atoms with Crippen LogP contribution in [0, 0.1) is 0 Å². The molecule has 0 radical (unpaired) electrons. The van der Waals surface area contributed by atoms with Crippen molar-refractivity contribution in [3.8, 4) is 5.75 Å². The van der Waals surface area contributed by atoms with Crippen LogP contribution in [0.2, 0.25) is 0 Å². The zero-order chi connectivity index (χ0) is 29.0. The molecule has 1 aromatic carbocycles. The maximum absolute atomic E-state index is 14.8. The first-order chi connectivity index (χ1) is 18.1. The molecule has 0 aliphatic carbocycles. The fourth-order valence-corrected chi connectivity index (χ4v) is 4.20. The Hall–Kier alpha value is -3.57. The fourth-order valence-electron chi connectivity index (χ4n) is 4.20. The number of hydrogen-bond donors (Lipinski definition) is 2. The SMILES string of the molecule is CC(=O)NCC1=C(c2ccc(C(C)C)cn2)C[C@](c2ccc(OCCCC(F)(F)F)cc2)(C(F)(F)F)NC1=O. The number of alkyl halides is 6. The molecule has 2 heterocycles. The number of rotatable bonds is 9. The number of nitrogens with one attached hydrogen (secondary N) is 2. The summed E-state index contributed by atoms with van der Waals surface area (Å²) in [6, 6.07) is 7.96. The van der Waals surface area contributed by atoms with Crippen molar-refractivity contribution in [2.45, 2.75) is 63.8 Å². The van der Waals surface area contributed by atoms with E-state index in [2.05, 4.69) is 15.6 Å². The van der Waals surface area contributed by atoms with Crippen molar-refractivity contribution in [1.82, 2.24) is 15.6 Å². The number of carbonyl (C=O) groups is 2. The van der Waals surface area contributed by atoms with Crippen molar-refractivity contribution < 1.29 is 40.7 Å². The largest absolute Gasteiger partial charge is 0.494 e. The fraction of sp³-hybridized carbons (Fsp3) is 0.444. The molecular formula is C27H29F6N3O3. The lowest BCUT2D eigenvalue weighted by Crippen LogP contribution is -2.59. The maximum atomic E-state index is 14.8. The van der Waals surface area contributed by atoms with Crippen LogP contribution in [0.4, 0.5) is 26.3 Å². The van der Waals surface area contributed by atoms with Crippen LogP contribution in [0.5, 0.6) is 5.75 Å². The normalized spacial score (nSPS) is 18.3. The lowest BCUT2D eigenvalue weighted by molar-refractivity contribution is -0.201. The van der Waals surface area contributed by atoms with E-state index in [0.717, 1.165) is 17.7 Å². The van der Waals surface area contributed by atoms with E-state index in [9.17, 15) is 35.9 Å². The molecule has 12 heteroatoms. The van der Waals surface area contributed by atoms with E-state index in [1.165, 1.54) is 25.3 Å². The van der Waals surface area contributed by atoms with Gasteiger partial charge < -0.3 is 15.4 Å². The van der Waals surface area contributed by atoms with Gasteiger partial charge in [-0.2, -0.15) is 26.3 Å². The van der Waals surface area contributed by atoms with E-state index >= 15 is 0 Å². The number of ether oxygens (including phenoxy) is 1. The minimum absolute atomic E-state index is 0.0348. The molecule has 1 atom stereocenters. The van der Waals surface area contributed by atoms with Gasteiger partial charge in [0.2, 0.25) is 11.8 Å². The first-order valence-electron chi connectivity index (χ1n) is 12.2. The van der Waals surface area contributed by atoms with Crippen LogP contribution in [0.15, 0.2) is 48.2 Å². The van der Waals surface area contributed by atoms with Crippen LogP contribution in [0.25, 0.3) is 5.57 Å². The summed E-state index contributed by atoms with van der Waals surface area (Å²) in [4.78, 5) is 29.0. The third-order valence-corrected chi connectivity index (χ3v) is 6.39. The molecule has 0 saturated heterocycles. The second-order valence-corrected chi connectivity index (χ2v) is 9.62. The first kappa shape index (κ1) is 30.0. The van der Waals surface area contributed by atoms with Crippen LogP contribution < -0.4 is 15.4 Å². The van der Waals surface area contributed by atoms with Gasteiger partial charge in [0.1, 0.15) is 5.75 Å². The minimum Gasteiger partial charge on any atom is -0.494 e. The van der Waals surface area contributed by atoms with Crippen molar-refractivity contribution in [1.29, 1.82) is 0 Å². The predicted molar refractivity (Wildman–Crippen MR) is 132 cm³/mol. The highest BCUT2D eigenvalue weighted by Crippen LogP contribution is 2.48. The molecule has 6 nitrogen and oxygen atoms in total. The summed E-state index contributed by atoms with van der Waals surface area (Å²) in [5.41, 5.74) is -2.09. The average Bonchev–Trinajstić information content (AvgIpc) is 2.84. The summed E-state index contributed by atoms with van der Waals surface area (Å²) < 4.78 is 86.5. The highest BCUT2D eigenvalue weighted by atomic mass is 19.4. The third kappa shape index (κ3) is 7.30. The predicted octanol–water partition coefficient (Wildman–Crippen LogP) is 5.79. The lowest BCUT2D eigenvalue weighted by atomic mass is 9.77. The number of carbonyl (C=O) groups excluding carboxylic acids is 2. The number of hydrogen-bond acceptors (Lipinski definition) is 4. The summed E-state index contributed by atoms with van der Waals surface area (Å²) in [5, 5.41) is 4.58. The molecule has 2 amide bonds. The Morgan fingerprint density at radius 2 is 1.77 bits per heavy atom. The Kier molecular flexibility index (Phi) is 8.97. The molecular weight excluding hydrogens is 528 g/mol. The number of aromatic nitrogens is 1. The molecule has 212 valence electrons. The van der Waals surface area contributed by atoms with Gasteiger partial charge in [-0.15, -0.1) is 0 Å². The van der Waals surface area contributed by atoms with Crippen LogP contribution in [0.1, 0.15) is 62.8 Å². The molecule has 0 saturated carbocycles. The van der Waals surface area contributed by atoms with Gasteiger partial charge in [-0.1, -0.05) is 32.0 Å². The van der Waals surface area contributed by atoms with E-state index in [1.807, 2.05) is 13.8 Å². The molecule has 1 aliphatic heterocycles. The first-order valence-corrected chi connectivity index (χ1v) is 12.2. The summed E-state index contributed by atoms with van der Waals surface area (Å²) in [7, 11) is 0. The van der Waals surface area contributed by atoms with Gasteiger partial charge in [0.05, 0.1) is 12.3 Å². The van der Waals surface area contributed by atoms with Gasteiger partial charge in [-0.05, 0) is 47.2 Å². The van der Waals surface area contributed by atoms with Crippen LogP contribution in [0.3, 0.4) is 0 Å². The molecule has 0 bridgehead atoms. The zero-order valence-electron chi connectivity index (χ0n) is 21.6. The van der Waals surface area contributed by atoms with E-state index in [-0.39, 0.29) is 53.6 Å². The number of nitrogens with zero attached hydrogens (tertiary/aromatic N) is 1. The Labute approximate surface area is 221 Å². The lowest BCUT2D eigenvalue weighted by Gasteiger charge is -2.41. The van der Waals surface area contributed by atoms with E-state index in [4.69, 9.17) is 4.74 Å². The van der Waals surface area contributed by atoms with Crippen molar-refractivity contribution in [3.05, 3.63) is 65.0 Å². The zero-order valence-corrected chi connectivity index (χ0v) is 21.6. The molecule has 2 aromatic rings. The van der Waals surface area contributed by atoms with Crippen LogP contribution >= 0.6 is 0 Å². The van der Waals surface area contributed by atoms with E-state index in [0.29, 0.717) is 0 Å². The summed E-state index contributed by atoms with van der Waals surface area (Å²) in [6.07, 6.45) is -9.79. The van der Waals surface area contributed by atoms with Gasteiger partial charge in [0.15, 0.2) is 5.54 Å². The second kappa shape index (κ2) is 11.7. The number of benzene rings is 1. The van der Waals surface area contributed by atoms with Crippen molar-refractivity contribution >= 4 is 17.4 Å². The van der Waals surface area contributed by atoms with Crippen molar-refractivity contribution in [2.24, 2.45) is 0 Å². The van der Waals surface area contributed by atoms with Crippen molar-refractivity contribution in [2.75, 3.05) is 13.2 Å². The topological polar surface area (TPSA) is 80.3 Å². The monoisotopic (exact) mass is 557 g/mol. The molecule has 1 aliphatic rings. The molecule has 3 rings (SSSR count). The quantitative estimate of drug-likeness (QED) is 0.302.